The van der Waals surface area contributed by atoms with Crippen molar-refractivity contribution in [3.05, 3.63) is 28.3 Å². The fourth-order valence-electron chi connectivity index (χ4n) is 2.04. The lowest BCUT2D eigenvalue weighted by molar-refractivity contribution is -0.385. The standard InChI is InChI=1S/C12H17N3O2S/c1-12(2,13)8-14-5-6-18-11-7-9(15(16)17)3-4-10(11)14/h3-4,7H,5-6,8,13H2,1-2H3. The van der Waals surface area contributed by atoms with Crippen LogP contribution in [0.25, 0.3) is 0 Å². The van der Waals surface area contributed by atoms with Crippen LogP contribution in [-0.2, 0) is 0 Å². The monoisotopic (exact) mass is 267 g/mol. The van der Waals surface area contributed by atoms with E-state index >= 15 is 0 Å². The Kier molecular flexibility index (Phi) is 3.49. The fourth-order valence-corrected chi connectivity index (χ4v) is 3.12. The summed E-state index contributed by atoms with van der Waals surface area (Å²) < 4.78 is 0. The number of non-ortho nitro benzene ring substituents is 1. The van der Waals surface area contributed by atoms with Crippen molar-refractivity contribution in [3.8, 4) is 0 Å². The molecule has 0 radical (unpaired) electrons. The third-order valence-electron chi connectivity index (χ3n) is 2.71. The van der Waals surface area contributed by atoms with Gasteiger partial charge in [-0.25, -0.2) is 0 Å². The molecule has 98 valence electrons. The summed E-state index contributed by atoms with van der Waals surface area (Å²) in [7, 11) is 0. The van der Waals surface area contributed by atoms with Crippen molar-refractivity contribution in [2.75, 3.05) is 23.7 Å². The highest BCUT2D eigenvalue weighted by Gasteiger charge is 2.24. The first-order valence-corrected chi connectivity index (χ1v) is 6.80. The number of nitrogens with zero attached hydrogens (tertiary/aromatic N) is 2. The maximum Gasteiger partial charge on any atom is 0.270 e. The number of hydrogen-bond donors (Lipinski definition) is 1. The van der Waals surface area contributed by atoms with Crippen LogP contribution in [0, 0.1) is 10.1 Å². The van der Waals surface area contributed by atoms with Gasteiger partial charge in [-0.15, -0.1) is 11.8 Å². The number of thioether (sulfide) groups is 1. The number of benzene rings is 1. The zero-order chi connectivity index (χ0) is 13.3. The van der Waals surface area contributed by atoms with Crippen molar-refractivity contribution in [1.29, 1.82) is 0 Å². The molecule has 2 N–H and O–H groups in total. The van der Waals surface area contributed by atoms with Gasteiger partial charge in [0, 0.05) is 41.4 Å². The van der Waals surface area contributed by atoms with E-state index in [-0.39, 0.29) is 16.1 Å². The van der Waals surface area contributed by atoms with Crippen LogP contribution in [0.1, 0.15) is 13.8 Å². The fraction of sp³-hybridized carbons (Fsp3) is 0.500. The lowest BCUT2D eigenvalue weighted by Crippen LogP contribution is -2.47. The minimum absolute atomic E-state index is 0.148. The molecular weight excluding hydrogens is 250 g/mol. The largest absolute Gasteiger partial charge is 0.368 e. The molecule has 5 nitrogen and oxygen atoms in total. The molecule has 0 bridgehead atoms. The molecule has 0 atom stereocenters. The van der Waals surface area contributed by atoms with Gasteiger partial charge >= 0.3 is 0 Å². The van der Waals surface area contributed by atoms with Crippen molar-refractivity contribution < 1.29 is 4.92 Å². The Morgan fingerprint density at radius 1 is 1.56 bits per heavy atom. The Morgan fingerprint density at radius 2 is 2.28 bits per heavy atom. The van der Waals surface area contributed by atoms with E-state index in [0.29, 0.717) is 0 Å². The average Bonchev–Trinajstić information content (AvgIpc) is 2.26. The first-order valence-electron chi connectivity index (χ1n) is 5.82. The molecule has 0 amide bonds. The molecular formula is C12H17N3O2S. The van der Waals surface area contributed by atoms with Gasteiger partial charge in [0.05, 0.1) is 10.6 Å². The summed E-state index contributed by atoms with van der Waals surface area (Å²) in [4.78, 5) is 13.6. The molecule has 6 heteroatoms. The van der Waals surface area contributed by atoms with Crippen molar-refractivity contribution >= 4 is 23.1 Å². The van der Waals surface area contributed by atoms with Crippen LogP contribution in [0.3, 0.4) is 0 Å². The zero-order valence-corrected chi connectivity index (χ0v) is 11.4. The molecule has 1 aromatic carbocycles. The molecule has 1 aromatic rings. The molecule has 18 heavy (non-hydrogen) atoms. The van der Waals surface area contributed by atoms with Gasteiger partial charge in [-0.1, -0.05) is 0 Å². The zero-order valence-electron chi connectivity index (χ0n) is 10.5. The molecule has 0 aromatic heterocycles. The second-order valence-corrected chi connectivity index (χ2v) is 6.30. The highest BCUT2D eigenvalue weighted by atomic mass is 32.2. The van der Waals surface area contributed by atoms with Crippen LogP contribution in [0.5, 0.6) is 0 Å². The number of nitro groups is 1. The molecule has 1 heterocycles. The normalized spacial score (nSPS) is 15.4. The van der Waals surface area contributed by atoms with Gasteiger partial charge in [0.2, 0.25) is 0 Å². The topological polar surface area (TPSA) is 72.4 Å². The van der Waals surface area contributed by atoms with Gasteiger partial charge in [0.15, 0.2) is 0 Å². The van der Waals surface area contributed by atoms with Gasteiger partial charge in [0.25, 0.3) is 5.69 Å². The molecule has 2 rings (SSSR count). The number of rotatable bonds is 3. The molecule has 0 saturated heterocycles. The predicted molar refractivity (Wildman–Crippen MR) is 74.3 cm³/mol. The summed E-state index contributed by atoms with van der Waals surface area (Å²) in [5, 5.41) is 10.8. The molecule has 0 aliphatic carbocycles. The number of anilines is 1. The van der Waals surface area contributed by atoms with E-state index in [2.05, 4.69) is 4.90 Å². The van der Waals surface area contributed by atoms with Crippen molar-refractivity contribution in [3.63, 3.8) is 0 Å². The van der Waals surface area contributed by atoms with Gasteiger partial charge in [-0.3, -0.25) is 10.1 Å². The number of fused-ring (bicyclic) bond motifs is 1. The first kappa shape index (κ1) is 13.2. The quantitative estimate of drug-likeness (QED) is 0.671. The van der Waals surface area contributed by atoms with E-state index in [9.17, 15) is 10.1 Å². The maximum absolute atomic E-state index is 10.8. The Morgan fingerprint density at radius 3 is 2.89 bits per heavy atom. The van der Waals surface area contributed by atoms with Crippen molar-refractivity contribution in [1.82, 2.24) is 0 Å². The van der Waals surface area contributed by atoms with Crippen LogP contribution >= 0.6 is 11.8 Å². The number of hydrogen-bond acceptors (Lipinski definition) is 5. The summed E-state index contributed by atoms with van der Waals surface area (Å²) in [5.74, 6) is 0.935. The van der Waals surface area contributed by atoms with Gasteiger partial charge in [-0.2, -0.15) is 0 Å². The predicted octanol–water partition coefficient (Wildman–Crippen LogP) is 2.24. The minimum atomic E-state index is -0.355. The number of nitrogens with two attached hydrogens (primary N) is 1. The molecule has 0 unspecified atom stereocenters. The smallest absolute Gasteiger partial charge is 0.270 e. The van der Waals surface area contributed by atoms with Crippen LogP contribution in [0.15, 0.2) is 23.1 Å². The highest BCUT2D eigenvalue weighted by Crippen LogP contribution is 2.37. The lowest BCUT2D eigenvalue weighted by Gasteiger charge is -2.35. The van der Waals surface area contributed by atoms with Crippen LogP contribution in [0.4, 0.5) is 11.4 Å². The highest BCUT2D eigenvalue weighted by molar-refractivity contribution is 7.99. The summed E-state index contributed by atoms with van der Waals surface area (Å²) in [6.45, 7) is 5.65. The van der Waals surface area contributed by atoms with Crippen LogP contribution < -0.4 is 10.6 Å². The summed E-state index contributed by atoms with van der Waals surface area (Å²) in [6, 6.07) is 5.03. The second kappa shape index (κ2) is 4.78. The second-order valence-electron chi connectivity index (χ2n) is 5.17. The lowest BCUT2D eigenvalue weighted by atomic mass is 10.1. The van der Waals surface area contributed by atoms with Gasteiger partial charge in [-0.05, 0) is 19.9 Å². The van der Waals surface area contributed by atoms with Crippen LogP contribution in [-0.4, -0.2) is 29.3 Å². The first-order chi connectivity index (χ1) is 8.37. The molecule has 1 aliphatic rings. The summed E-state index contributed by atoms with van der Waals surface area (Å²) >= 11 is 1.66. The number of nitro benzene ring substituents is 1. The van der Waals surface area contributed by atoms with E-state index in [1.165, 1.54) is 0 Å². The molecule has 0 spiro atoms. The van der Waals surface area contributed by atoms with Gasteiger partial charge in [0.1, 0.15) is 0 Å². The third-order valence-corrected chi connectivity index (χ3v) is 3.74. The van der Waals surface area contributed by atoms with E-state index in [0.717, 1.165) is 29.4 Å². The van der Waals surface area contributed by atoms with Crippen molar-refractivity contribution in [2.45, 2.75) is 24.3 Å². The minimum Gasteiger partial charge on any atom is -0.368 e. The molecule has 1 aliphatic heterocycles. The summed E-state index contributed by atoms with van der Waals surface area (Å²) in [5.41, 5.74) is 6.97. The van der Waals surface area contributed by atoms with E-state index in [1.54, 1.807) is 23.9 Å². The summed E-state index contributed by atoms with van der Waals surface area (Å²) in [6.07, 6.45) is 0. The maximum atomic E-state index is 10.8. The van der Waals surface area contributed by atoms with E-state index in [1.807, 2.05) is 19.9 Å². The Bertz CT molecular complexity index is 471. The van der Waals surface area contributed by atoms with E-state index < -0.39 is 0 Å². The Labute approximate surface area is 110 Å². The van der Waals surface area contributed by atoms with Crippen molar-refractivity contribution in [2.24, 2.45) is 5.73 Å². The molecule has 0 saturated carbocycles. The Balaban J connectivity index is 2.30. The average molecular weight is 267 g/mol. The third kappa shape index (κ3) is 2.94. The van der Waals surface area contributed by atoms with Gasteiger partial charge < -0.3 is 10.6 Å². The SMILES string of the molecule is CC(C)(N)CN1CCSc2cc([N+](=O)[O-])ccc21. The molecule has 0 fully saturated rings. The van der Waals surface area contributed by atoms with E-state index in [4.69, 9.17) is 5.73 Å². The van der Waals surface area contributed by atoms with Crippen LogP contribution in [0.2, 0.25) is 0 Å². The Hall–Kier alpha value is -1.27.